The smallest absolute Gasteiger partial charge is 0.305 e. The van der Waals surface area contributed by atoms with Gasteiger partial charge in [0, 0.05) is 12.8 Å². The number of hydrogen-bond acceptors (Lipinski definition) is 5. The third-order valence-corrected chi connectivity index (χ3v) is 13.6. The summed E-state index contributed by atoms with van der Waals surface area (Å²) in [7, 11) is 0. The summed E-state index contributed by atoms with van der Waals surface area (Å²) >= 11 is 0. The number of unbranched alkanes of at least 4 members (excludes halogenated alkanes) is 40. The van der Waals surface area contributed by atoms with Crippen LogP contribution in [0.15, 0.2) is 36.5 Å². The molecule has 67 heavy (non-hydrogen) atoms. The van der Waals surface area contributed by atoms with E-state index in [2.05, 4.69) is 43.5 Å². The maximum absolute atomic E-state index is 12.4. The fourth-order valence-corrected chi connectivity index (χ4v) is 9.03. The number of esters is 1. The largest absolute Gasteiger partial charge is 0.466 e. The van der Waals surface area contributed by atoms with Crippen LogP contribution >= 0.6 is 0 Å². The molecule has 394 valence electrons. The first kappa shape index (κ1) is 65.1. The molecule has 0 rings (SSSR count). The molecular weight excluding hydrogens is 827 g/mol. The van der Waals surface area contributed by atoms with Crippen molar-refractivity contribution < 1.29 is 24.5 Å². The van der Waals surface area contributed by atoms with E-state index < -0.39 is 12.1 Å². The zero-order chi connectivity index (χ0) is 48.6. The Hall–Kier alpha value is -1.92. The molecule has 0 aromatic heterocycles. The van der Waals surface area contributed by atoms with E-state index in [1.165, 1.54) is 244 Å². The van der Waals surface area contributed by atoms with Crippen molar-refractivity contribution in [1.29, 1.82) is 0 Å². The first-order chi connectivity index (χ1) is 33.0. The molecule has 0 aliphatic heterocycles. The van der Waals surface area contributed by atoms with E-state index in [4.69, 9.17) is 4.74 Å². The van der Waals surface area contributed by atoms with Gasteiger partial charge in [0.2, 0.25) is 5.91 Å². The van der Waals surface area contributed by atoms with Gasteiger partial charge in [0.05, 0.1) is 25.4 Å². The van der Waals surface area contributed by atoms with E-state index in [1.807, 2.05) is 6.08 Å². The van der Waals surface area contributed by atoms with E-state index >= 15 is 0 Å². The molecular formula is C61H115NO5. The van der Waals surface area contributed by atoms with E-state index in [9.17, 15) is 19.8 Å². The first-order valence-corrected chi connectivity index (χ1v) is 29.8. The van der Waals surface area contributed by atoms with Crippen LogP contribution in [-0.2, 0) is 14.3 Å². The fourth-order valence-electron chi connectivity index (χ4n) is 9.03. The van der Waals surface area contributed by atoms with Gasteiger partial charge >= 0.3 is 5.97 Å². The van der Waals surface area contributed by atoms with Gasteiger partial charge in [-0.15, -0.1) is 0 Å². The predicted molar refractivity (Wildman–Crippen MR) is 292 cm³/mol. The van der Waals surface area contributed by atoms with Gasteiger partial charge in [0.15, 0.2) is 0 Å². The summed E-state index contributed by atoms with van der Waals surface area (Å²) < 4.78 is 5.48. The Balaban J connectivity index is 3.40. The van der Waals surface area contributed by atoms with Crippen molar-refractivity contribution in [2.75, 3.05) is 13.2 Å². The van der Waals surface area contributed by atoms with Crippen molar-refractivity contribution >= 4 is 11.9 Å². The highest BCUT2D eigenvalue weighted by molar-refractivity contribution is 5.76. The summed E-state index contributed by atoms with van der Waals surface area (Å²) in [5.41, 5.74) is 0. The molecule has 0 aliphatic carbocycles. The quantitative estimate of drug-likeness (QED) is 0.0321. The van der Waals surface area contributed by atoms with Gasteiger partial charge < -0.3 is 20.3 Å². The molecule has 0 saturated heterocycles. The number of amides is 1. The number of ether oxygens (including phenoxy) is 1. The summed E-state index contributed by atoms with van der Waals surface area (Å²) in [6, 6.07) is -0.630. The Kier molecular flexibility index (Phi) is 55.0. The molecule has 0 radical (unpaired) electrons. The van der Waals surface area contributed by atoms with Crippen LogP contribution < -0.4 is 5.32 Å². The monoisotopic (exact) mass is 942 g/mol. The lowest BCUT2D eigenvalue weighted by atomic mass is 10.0. The Morgan fingerprint density at radius 1 is 0.403 bits per heavy atom. The number of nitrogens with one attached hydrogen (secondary N) is 1. The molecule has 6 nitrogen and oxygen atoms in total. The second-order valence-electron chi connectivity index (χ2n) is 20.3. The number of aliphatic hydroxyl groups is 2. The molecule has 0 aliphatic rings. The van der Waals surface area contributed by atoms with Crippen molar-refractivity contribution in [3.63, 3.8) is 0 Å². The lowest BCUT2D eigenvalue weighted by Gasteiger charge is -2.20. The van der Waals surface area contributed by atoms with Crippen LogP contribution in [0, 0.1) is 0 Å². The van der Waals surface area contributed by atoms with Gasteiger partial charge in [0.1, 0.15) is 0 Å². The lowest BCUT2D eigenvalue weighted by molar-refractivity contribution is -0.143. The van der Waals surface area contributed by atoms with Crippen molar-refractivity contribution in [2.45, 2.75) is 328 Å². The van der Waals surface area contributed by atoms with Crippen LogP contribution in [0.3, 0.4) is 0 Å². The van der Waals surface area contributed by atoms with Gasteiger partial charge in [-0.25, -0.2) is 0 Å². The Bertz CT molecular complexity index is 1090. The van der Waals surface area contributed by atoms with Crippen LogP contribution in [-0.4, -0.2) is 47.4 Å². The van der Waals surface area contributed by atoms with E-state index in [0.29, 0.717) is 19.4 Å². The summed E-state index contributed by atoms with van der Waals surface area (Å²) in [6.07, 6.45) is 70.4. The molecule has 0 heterocycles. The highest BCUT2D eigenvalue weighted by Crippen LogP contribution is 2.16. The SMILES string of the molecule is CCCCCCCC/C=C\CCCCCCCC(=O)OCCCCCCCCCCCCCC/C=C\CCCCCCCCCCC(=O)NC(CO)C(O)/C=C/CCCCCCCCCCC. The van der Waals surface area contributed by atoms with Crippen LogP contribution in [0.4, 0.5) is 0 Å². The number of allylic oxidation sites excluding steroid dienone is 5. The van der Waals surface area contributed by atoms with Gasteiger partial charge in [-0.1, -0.05) is 256 Å². The number of aliphatic hydroxyl groups excluding tert-OH is 2. The van der Waals surface area contributed by atoms with Crippen molar-refractivity contribution in [2.24, 2.45) is 0 Å². The fraction of sp³-hybridized carbons (Fsp3) is 0.869. The third kappa shape index (κ3) is 53.3. The number of hydrogen-bond donors (Lipinski definition) is 3. The normalized spacial score (nSPS) is 12.8. The number of carbonyl (C=O) groups is 2. The van der Waals surface area contributed by atoms with E-state index in [0.717, 1.165) is 44.9 Å². The number of rotatable bonds is 55. The molecule has 0 fully saturated rings. The van der Waals surface area contributed by atoms with Crippen LogP contribution in [0.5, 0.6) is 0 Å². The van der Waals surface area contributed by atoms with Gasteiger partial charge in [-0.2, -0.15) is 0 Å². The minimum Gasteiger partial charge on any atom is -0.466 e. The average molecular weight is 943 g/mol. The van der Waals surface area contributed by atoms with Crippen molar-refractivity contribution in [3.05, 3.63) is 36.5 Å². The molecule has 0 spiro atoms. The van der Waals surface area contributed by atoms with Crippen LogP contribution in [0.2, 0.25) is 0 Å². The Morgan fingerprint density at radius 3 is 1.06 bits per heavy atom. The maximum atomic E-state index is 12.4. The summed E-state index contributed by atoms with van der Waals surface area (Å²) in [6.45, 7) is 4.88. The van der Waals surface area contributed by atoms with Crippen molar-refractivity contribution in [3.8, 4) is 0 Å². The third-order valence-electron chi connectivity index (χ3n) is 13.6. The van der Waals surface area contributed by atoms with Crippen LogP contribution in [0.25, 0.3) is 0 Å². The average Bonchev–Trinajstić information content (AvgIpc) is 3.33. The molecule has 1 amide bonds. The van der Waals surface area contributed by atoms with Gasteiger partial charge in [0.25, 0.3) is 0 Å². The van der Waals surface area contributed by atoms with Crippen LogP contribution in [0.1, 0.15) is 316 Å². The molecule has 6 heteroatoms. The molecule has 0 aromatic carbocycles. The molecule has 2 unspecified atom stereocenters. The minimum absolute atomic E-state index is 0.00382. The van der Waals surface area contributed by atoms with Crippen molar-refractivity contribution in [1.82, 2.24) is 5.32 Å². The zero-order valence-electron chi connectivity index (χ0n) is 44.9. The predicted octanol–water partition coefficient (Wildman–Crippen LogP) is 18.4. The summed E-state index contributed by atoms with van der Waals surface area (Å²) in [5.74, 6) is -0.0700. The van der Waals surface area contributed by atoms with E-state index in [1.54, 1.807) is 6.08 Å². The number of carbonyl (C=O) groups excluding carboxylic acids is 2. The molecule has 0 aromatic rings. The second kappa shape index (κ2) is 56.7. The maximum Gasteiger partial charge on any atom is 0.305 e. The highest BCUT2D eigenvalue weighted by atomic mass is 16.5. The molecule has 0 bridgehead atoms. The zero-order valence-corrected chi connectivity index (χ0v) is 44.9. The minimum atomic E-state index is -0.846. The second-order valence-corrected chi connectivity index (χ2v) is 20.3. The van der Waals surface area contributed by atoms with Gasteiger partial charge in [-0.3, -0.25) is 9.59 Å². The van der Waals surface area contributed by atoms with Gasteiger partial charge in [-0.05, 0) is 83.5 Å². The molecule has 2 atom stereocenters. The summed E-state index contributed by atoms with van der Waals surface area (Å²) in [4.78, 5) is 24.5. The Morgan fingerprint density at radius 2 is 0.701 bits per heavy atom. The summed E-state index contributed by atoms with van der Waals surface area (Å²) in [5, 5.41) is 23.0. The molecule has 0 saturated carbocycles. The highest BCUT2D eigenvalue weighted by Gasteiger charge is 2.18. The lowest BCUT2D eigenvalue weighted by Crippen LogP contribution is -2.45. The standard InChI is InChI=1S/C61H115NO5/c1-3-5-7-9-11-13-15-16-27-31-35-39-43-47-51-55-61(66)67-56-52-48-44-40-36-32-29-26-24-22-20-18-17-19-21-23-25-28-30-34-38-42-46-50-54-60(65)62-58(57-63)59(64)53-49-45-41-37-33-14-12-10-8-6-4-2/h16,19,21,27,49,53,58-59,63-64H,3-15,17-18,20,22-26,28-48,50-52,54-57H2,1-2H3,(H,62,65)/b21-19-,27-16-,53-49+. The first-order valence-electron chi connectivity index (χ1n) is 29.8. The topological polar surface area (TPSA) is 95.9 Å². The Labute approximate surface area is 417 Å². The van der Waals surface area contributed by atoms with E-state index in [-0.39, 0.29) is 18.5 Å². The molecule has 3 N–H and O–H groups in total.